The van der Waals surface area contributed by atoms with Gasteiger partial charge in [0.25, 0.3) is 11.8 Å². The molecule has 2 aromatic rings. The lowest BCUT2D eigenvalue weighted by atomic mass is 10.1. The molecule has 0 aliphatic rings. The van der Waals surface area contributed by atoms with E-state index in [9.17, 15) is 9.59 Å². The molecular formula is C17H16Cl2N2O2. The zero-order valence-electron chi connectivity index (χ0n) is 12.7. The fourth-order valence-corrected chi connectivity index (χ4v) is 2.19. The third-order valence-corrected chi connectivity index (χ3v) is 3.75. The van der Waals surface area contributed by atoms with Crippen LogP contribution in [-0.2, 0) is 0 Å². The monoisotopic (exact) mass is 350 g/mol. The van der Waals surface area contributed by atoms with Crippen LogP contribution < -0.4 is 10.6 Å². The van der Waals surface area contributed by atoms with Gasteiger partial charge in [0.1, 0.15) is 0 Å². The van der Waals surface area contributed by atoms with Gasteiger partial charge in [0.05, 0.1) is 10.0 Å². The van der Waals surface area contributed by atoms with Crippen molar-refractivity contribution in [1.29, 1.82) is 0 Å². The predicted octanol–water partition coefficient (Wildman–Crippen LogP) is 4.38. The second-order valence-electron chi connectivity index (χ2n) is 5.29. The highest BCUT2D eigenvalue weighted by atomic mass is 35.5. The van der Waals surface area contributed by atoms with Crippen LogP contribution in [0.5, 0.6) is 0 Å². The van der Waals surface area contributed by atoms with E-state index in [1.807, 2.05) is 13.8 Å². The van der Waals surface area contributed by atoms with Crippen molar-refractivity contribution in [3.63, 3.8) is 0 Å². The minimum Gasteiger partial charge on any atom is -0.350 e. The SMILES string of the molecule is CC(C)NC(=O)c1ccc(C(=O)Nc2ccc(Cl)c(Cl)c2)cc1. The molecule has 0 heterocycles. The maximum absolute atomic E-state index is 12.2. The third-order valence-electron chi connectivity index (χ3n) is 3.01. The van der Waals surface area contributed by atoms with Crippen LogP contribution in [-0.4, -0.2) is 17.9 Å². The van der Waals surface area contributed by atoms with Crippen LogP contribution in [0.2, 0.25) is 10.0 Å². The summed E-state index contributed by atoms with van der Waals surface area (Å²) in [6, 6.07) is 11.3. The first-order chi connectivity index (χ1) is 10.9. The van der Waals surface area contributed by atoms with E-state index >= 15 is 0 Å². The largest absolute Gasteiger partial charge is 0.350 e. The van der Waals surface area contributed by atoms with Gasteiger partial charge < -0.3 is 10.6 Å². The molecule has 0 saturated carbocycles. The standard InChI is InChI=1S/C17H16Cl2N2O2/c1-10(2)20-16(22)11-3-5-12(6-4-11)17(23)21-13-7-8-14(18)15(19)9-13/h3-10H,1-2H3,(H,20,22)(H,21,23). The summed E-state index contributed by atoms with van der Waals surface area (Å²) >= 11 is 11.7. The number of hydrogen-bond donors (Lipinski definition) is 2. The summed E-state index contributed by atoms with van der Waals surface area (Å²) in [5, 5.41) is 6.30. The number of benzene rings is 2. The van der Waals surface area contributed by atoms with E-state index in [4.69, 9.17) is 23.2 Å². The highest BCUT2D eigenvalue weighted by Gasteiger charge is 2.10. The third kappa shape index (κ3) is 4.71. The first kappa shape index (κ1) is 17.3. The number of amides is 2. The Balaban J connectivity index is 2.08. The van der Waals surface area contributed by atoms with Crippen LogP contribution in [0.25, 0.3) is 0 Å². The number of carbonyl (C=O) groups excluding carboxylic acids is 2. The Labute approximate surface area is 144 Å². The molecule has 6 heteroatoms. The van der Waals surface area contributed by atoms with Crippen molar-refractivity contribution in [2.45, 2.75) is 19.9 Å². The lowest BCUT2D eigenvalue weighted by molar-refractivity contribution is 0.0941. The summed E-state index contributed by atoms with van der Waals surface area (Å²) in [5.41, 5.74) is 1.49. The van der Waals surface area contributed by atoms with Crippen molar-refractivity contribution >= 4 is 40.7 Å². The Morgan fingerprint density at radius 2 is 1.43 bits per heavy atom. The van der Waals surface area contributed by atoms with Gasteiger partial charge in [-0.05, 0) is 56.3 Å². The number of halogens is 2. The number of carbonyl (C=O) groups is 2. The summed E-state index contributed by atoms with van der Waals surface area (Å²) in [6.07, 6.45) is 0. The Morgan fingerprint density at radius 3 is 1.96 bits per heavy atom. The van der Waals surface area contributed by atoms with Gasteiger partial charge in [0.15, 0.2) is 0 Å². The fourth-order valence-electron chi connectivity index (χ4n) is 1.90. The molecule has 0 aliphatic heterocycles. The maximum Gasteiger partial charge on any atom is 0.255 e. The topological polar surface area (TPSA) is 58.2 Å². The average molecular weight is 351 g/mol. The van der Waals surface area contributed by atoms with Gasteiger partial charge in [-0.2, -0.15) is 0 Å². The van der Waals surface area contributed by atoms with E-state index < -0.39 is 0 Å². The minimum absolute atomic E-state index is 0.0557. The van der Waals surface area contributed by atoms with Crippen molar-refractivity contribution in [3.8, 4) is 0 Å². The number of anilines is 1. The second-order valence-corrected chi connectivity index (χ2v) is 6.10. The lowest BCUT2D eigenvalue weighted by Gasteiger charge is -2.09. The quantitative estimate of drug-likeness (QED) is 0.859. The predicted molar refractivity (Wildman–Crippen MR) is 93.5 cm³/mol. The van der Waals surface area contributed by atoms with Crippen molar-refractivity contribution in [2.75, 3.05) is 5.32 Å². The van der Waals surface area contributed by atoms with Gasteiger partial charge in [-0.3, -0.25) is 9.59 Å². The van der Waals surface area contributed by atoms with Gasteiger partial charge in [0, 0.05) is 22.9 Å². The van der Waals surface area contributed by atoms with Crippen LogP contribution >= 0.6 is 23.2 Å². The van der Waals surface area contributed by atoms with Crippen LogP contribution in [0.15, 0.2) is 42.5 Å². The van der Waals surface area contributed by atoms with E-state index in [1.165, 1.54) is 0 Å². The van der Waals surface area contributed by atoms with Crippen molar-refractivity contribution in [3.05, 3.63) is 63.6 Å². The van der Waals surface area contributed by atoms with Crippen molar-refractivity contribution in [1.82, 2.24) is 5.32 Å². The van der Waals surface area contributed by atoms with Crippen molar-refractivity contribution < 1.29 is 9.59 Å². The molecule has 2 aromatic carbocycles. The molecule has 120 valence electrons. The van der Waals surface area contributed by atoms with Crippen LogP contribution in [0.3, 0.4) is 0 Å². The average Bonchev–Trinajstić information content (AvgIpc) is 2.50. The summed E-state index contributed by atoms with van der Waals surface area (Å²) in [7, 11) is 0. The Hall–Kier alpha value is -2.04. The maximum atomic E-state index is 12.2. The van der Waals surface area contributed by atoms with E-state index in [-0.39, 0.29) is 17.9 Å². The molecule has 2 N–H and O–H groups in total. The summed E-state index contributed by atoms with van der Waals surface area (Å²) < 4.78 is 0. The molecule has 0 aromatic heterocycles. The number of hydrogen-bond acceptors (Lipinski definition) is 2. The lowest BCUT2D eigenvalue weighted by Crippen LogP contribution is -2.30. The van der Waals surface area contributed by atoms with Crippen LogP contribution in [0.4, 0.5) is 5.69 Å². The molecule has 0 unspecified atom stereocenters. The van der Waals surface area contributed by atoms with Crippen molar-refractivity contribution in [2.24, 2.45) is 0 Å². The minimum atomic E-state index is -0.292. The van der Waals surface area contributed by atoms with E-state index in [1.54, 1.807) is 42.5 Å². The van der Waals surface area contributed by atoms with Gasteiger partial charge in [0.2, 0.25) is 0 Å². The second kappa shape index (κ2) is 7.49. The molecule has 2 rings (SSSR count). The Kier molecular flexibility index (Phi) is 5.64. The zero-order chi connectivity index (χ0) is 17.0. The Morgan fingerprint density at radius 1 is 0.870 bits per heavy atom. The summed E-state index contributed by atoms with van der Waals surface area (Å²) in [4.78, 5) is 24.0. The van der Waals surface area contributed by atoms with Gasteiger partial charge in [-0.25, -0.2) is 0 Å². The van der Waals surface area contributed by atoms with E-state index in [2.05, 4.69) is 10.6 Å². The smallest absolute Gasteiger partial charge is 0.255 e. The van der Waals surface area contributed by atoms with Gasteiger partial charge in [-0.15, -0.1) is 0 Å². The van der Waals surface area contributed by atoms with E-state index in [0.29, 0.717) is 26.9 Å². The molecule has 23 heavy (non-hydrogen) atoms. The first-order valence-corrected chi connectivity index (χ1v) is 7.79. The molecule has 0 saturated heterocycles. The summed E-state index contributed by atoms with van der Waals surface area (Å²) in [5.74, 6) is -0.462. The molecule has 0 spiro atoms. The molecule has 0 radical (unpaired) electrons. The van der Waals surface area contributed by atoms with Crippen LogP contribution in [0, 0.1) is 0 Å². The number of nitrogens with one attached hydrogen (secondary N) is 2. The molecular weight excluding hydrogens is 335 g/mol. The molecule has 0 aliphatic carbocycles. The van der Waals surface area contributed by atoms with Gasteiger partial charge in [-0.1, -0.05) is 23.2 Å². The molecule has 0 atom stereocenters. The molecule has 0 bridgehead atoms. The summed E-state index contributed by atoms with van der Waals surface area (Å²) in [6.45, 7) is 3.77. The highest BCUT2D eigenvalue weighted by Crippen LogP contribution is 2.25. The Bertz CT molecular complexity index is 728. The fraction of sp³-hybridized carbons (Fsp3) is 0.176. The van der Waals surface area contributed by atoms with Crippen LogP contribution in [0.1, 0.15) is 34.6 Å². The molecule has 0 fully saturated rings. The highest BCUT2D eigenvalue weighted by molar-refractivity contribution is 6.42. The molecule has 4 nitrogen and oxygen atoms in total. The zero-order valence-corrected chi connectivity index (χ0v) is 14.2. The molecule has 2 amide bonds. The normalized spacial score (nSPS) is 10.5. The first-order valence-electron chi connectivity index (χ1n) is 7.04. The van der Waals surface area contributed by atoms with Gasteiger partial charge >= 0.3 is 0 Å². The van der Waals surface area contributed by atoms with E-state index in [0.717, 1.165) is 0 Å². The number of rotatable bonds is 4.